The largest absolute Gasteiger partial charge is 0.356 e. The molecule has 4 nitrogen and oxygen atoms in total. The predicted molar refractivity (Wildman–Crippen MR) is 92.6 cm³/mol. The molecule has 2 fully saturated rings. The average Bonchev–Trinajstić information content (AvgIpc) is 2.60. The van der Waals surface area contributed by atoms with Crippen molar-refractivity contribution in [1.29, 1.82) is 0 Å². The van der Waals surface area contributed by atoms with Gasteiger partial charge >= 0.3 is 0 Å². The normalized spacial score (nSPS) is 25.2. The Hall–Kier alpha value is -1.94. The van der Waals surface area contributed by atoms with Gasteiger partial charge in [0.2, 0.25) is 0 Å². The zero-order valence-electron chi connectivity index (χ0n) is 13.4. The average molecular weight is 308 g/mol. The number of aromatic nitrogens is 2. The summed E-state index contributed by atoms with van der Waals surface area (Å²) in [6.45, 7) is 2.14. The Kier molecular flexibility index (Phi) is 4.00. The molecule has 0 amide bonds. The van der Waals surface area contributed by atoms with Crippen LogP contribution in [-0.2, 0) is 0 Å². The quantitative estimate of drug-likeness (QED) is 0.947. The van der Waals surface area contributed by atoms with Crippen molar-refractivity contribution in [1.82, 2.24) is 9.97 Å². The lowest BCUT2D eigenvalue weighted by Crippen LogP contribution is -2.36. The van der Waals surface area contributed by atoms with Crippen LogP contribution in [0.4, 0.5) is 5.82 Å². The van der Waals surface area contributed by atoms with Crippen molar-refractivity contribution in [3.05, 3.63) is 54.0 Å². The van der Waals surface area contributed by atoms with Crippen molar-refractivity contribution >= 4 is 5.82 Å². The fourth-order valence-electron chi connectivity index (χ4n) is 3.83. The van der Waals surface area contributed by atoms with Crippen LogP contribution in [0.1, 0.15) is 48.8 Å². The Bertz CT molecular complexity index is 643. The number of piperidine rings is 1. The zero-order chi connectivity index (χ0) is 15.6. The van der Waals surface area contributed by atoms with Gasteiger partial charge in [0, 0.05) is 36.8 Å². The van der Waals surface area contributed by atoms with Gasteiger partial charge in [-0.15, -0.1) is 0 Å². The molecule has 2 N–H and O–H groups in total. The molecule has 1 saturated carbocycles. The summed E-state index contributed by atoms with van der Waals surface area (Å²) in [5, 5.41) is 0. The van der Waals surface area contributed by atoms with E-state index in [0.717, 1.165) is 31.7 Å². The number of nitrogens with zero attached hydrogens (tertiary/aromatic N) is 3. The molecule has 0 spiro atoms. The second-order valence-corrected chi connectivity index (χ2v) is 6.90. The summed E-state index contributed by atoms with van der Waals surface area (Å²) in [7, 11) is 0. The van der Waals surface area contributed by atoms with Gasteiger partial charge in [0.1, 0.15) is 12.1 Å². The van der Waals surface area contributed by atoms with Crippen LogP contribution in [0.2, 0.25) is 0 Å². The van der Waals surface area contributed by atoms with Crippen LogP contribution in [0.3, 0.4) is 0 Å². The molecule has 2 aromatic rings. The predicted octanol–water partition coefficient (Wildman–Crippen LogP) is 3.07. The number of nitrogens with two attached hydrogens (primary N) is 1. The number of anilines is 1. The van der Waals surface area contributed by atoms with Gasteiger partial charge in [-0.05, 0) is 37.2 Å². The maximum Gasteiger partial charge on any atom is 0.132 e. The molecule has 2 heterocycles. The molecule has 23 heavy (non-hydrogen) atoms. The topological polar surface area (TPSA) is 55.0 Å². The van der Waals surface area contributed by atoms with Gasteiger partial charge in [0.25, 0.3) is 0 Å². The first kappa shape index (κ1) is 14.6. The van der Waals surface area contributed by atoms with E-state index < -0.39 is 0 Å². The van der Waals surface area contributed by atoms with Crippen molar-refractivity contribution in [2.24, 2.45) is 5.73 Å². The van der Waals surface area contributed by atoms with E-state index in [1.54, 1.807) is 6.33 Å². The summed E-state index contributed by atoms with van der Waals surface area (Å²) in [6, 6.07) is 13.4. The van der Waals surface area contributed by atoms with Crippen molar-refractivity contribution in [3.63, 3.8) is 0 Å². The highest BCUT2D eigenvalue weighted by molar-refractivity contribution is 5.41. The Labute approximate surface area is 137 Å². The van der Waals surface area contributed by atoms with Crippen molar-refractivity contribution in [3.8, 4) is 0 Å². The van der Waals surface area contributed by atoms with Crippen LogP contribution < -0.4 is 10.6 Å². The second kappa shape index (κ2) is 6.28. The van der Waals surface area contributed by atoms with Crippen molar-refractivity contribution < 1.29 is 0 Å². The molecule has 0 radical (unpaired) electrons. The van der Waals surface area contributed by atoms with Crippen LogP contribution in [0, 0.1) is 0 Å². The first-order chi connectivity index (χ1) is 11.3. The molecule has 0 bridgehead atoms. The summed E-state index contributed by atoms with van der Waals surface area (Å²) in [5.41, 5.74) is 8.54. The molecule has 0 unspecified atom stereocenters. The van der Waals surface area contributed by atoms with Gasteiger partial charge in [-0.1, -0.05) is 30.3 Å². The fraction of sp³-hybridized carbons (Fsp3) is 0.474. The Morgan fingerprint density at radius 1 is 0.957 bits per heavy atom. The number of rotatable bonds is 3. The van der Waals surface area contributed by atoms with E-state index in [1.807, 2.05) is 0 Å². The Morgan fingerprint density at radius 3 is 2.39 bits per heavy atom. The summed E-state index contributed by atoms with van der Waals surface area (Å²) in [5.74, 6) is 2.30. The summed E-state index contributed by atoms with van der Waals surface area (Å²) in [6.07, 6.45) is 6.23. The molecule has 1 saturated heterocycles. The number of benzene rings is 1. The van der Waals surface area contributed by atoms with Gasteiger partial charge in [-0.3, -0.25) is 0 Å². The maximum atomic E-state index is 5.90. The third-order valence-electron chi connectivity index (χ3n) is 5.36. The summed E-state index contributed by atoms with van der Waals surface area (Å²) < 4.78 is 0. The highest BCUT2D eigenvalue weighted by atomic mass is 15.2. The minimum absolute atomic E-state index is 0.361. The van der Waals surface area contributed by atoms with E-state index in [1.165, 1.54) is 24.1 Å². The third-order valence-corrected chi connectivity index (χ3v) is 5.36. The van der Waals surface area contributed by atoms with Crippen LogP contribution in [0.5, 0.6) is 0 Å². The maximum absolute atomic E-state index is 5.90. The van der Waals surface area contributed by atoms with E-state index in [0.29, 0.717) is 17.9 Å². The molecule has 4 heteroatoms. The molecular formula is C19H24N4. The van der Waals surface area contributed by atoms with E-state index >= 15 is 0 Å². The smallest absolute Gasteiger partial charge is 0.132 e. The van der Waals surface area contributed by atoms with E-state index in [9.17, 15) is 0 Å². The van der Waals surface area contributed by atoms with Crippen LogP contribution in [-0.4, -0.2) is 29.1 Å². The van der Waals surface area contributed by atoms with Gasteiger partial charge < -0.3 is 10.6 Å². The molecule has 1 aliphatic carbocycles. The third kappa shape index (κ3) is 3.08. The lowest BCUT2D eigenvalue weighted by molar-refractivity contribution is 0.345. The molecule has 1 aromatic carbocycles. The Balaban J connectivity index is 1.41. The zero-order valence-corrected chi connectivity index (χ0v) is 13.4. The molecule has 120 valence electrons. The van der Waals surface area contributed by atoms with Gasteiger partial charge in [-0.25, -0.2) is 9.97 Å². The van der Waals surface area contributed by atoms with Crippen molar-refractivity contribution in [2.45, 2.75) is 43.6 Å². The molecule has 0 atom stereocenters. The van der Waals surface area contributed by atoms with Crippen molar-refractivity contribution in [2.75, 3.05) is 18.0 Å². The monoisotopic (exact) mass is 308 g/mol. The SMILES string of the molecule is NC1CC(c2cc(N3CCC(c4ccccc4)CC3)ncn2)C1. The Morgan fingerprint density at radius 2 is 1.70 bits per heavy atom. The minimum Gasteiger partial charge on any atom is -0.356 e. The summed E-state index contributed by atoms with van der Waals surface area (Å²) in [4.78, 5) is 11.4. The minimum atomic E-state index is 0.361. The highest BCUT2D eigenvalue weighted by Crippen LogP contribution is 2.36. The van der Waals surface area contributed by atoms with Gasteiger partial charge in [0.05, 0.1) is 0 Å². The lowest BCUT2D eigenvalue weighted by atomic mass is 9.78. The van der Waals surface area contributed by atoms with Gasteiger partial charge in [0.15, 0.2) is 0 Å². The van der Waals surface area contributed by atoms with E-state index in [4.69, 9.17) is 5.73 Å². The highest BCUT2D eigenvalue weighted by Gasteiger charge is 2.29. The fourth-order valence-corrected chi connectivity index (χ4v) is 3.83. The van der Waals surface area contributed by atoms with Gasteiger partial charge in [-0.2, -0.15) is 0 Å². The lowest BCUT2D eigenvalue weighted by Gasteiger charge is -2.35. The first-order valence-electron chi connectivity index (χ1n) is 8.67. The van der Waals surface area contributed by atoms with E-state index in [-0.39, 0.29) is 0 Å². The summed E-state index contributed by atoms with van der Waals surface area (Å²) >= 11 is 0. The van der Waals surface area contributed by atoms with Crippen LogP contribution in [0.25, 0.3) is 0 Å². The first-order valence-corrected chi connectivity index (χ1v) is 8.67. The van der Waals surface area contributed by atoms with E-state index in [2.05, 4.69) is 51.3 Å². The molecule has 1 aromatic heterocycles. The molecule has 1 aliphatic heterocycles. The standard InChI is InChI=1S/C19H24N4/c20-17-10-16(11-17)18-12-19(22-13-21-18)23-8-6-15(7-9-23)14-4-2-1-3-5-14/h1-5,12-13,15-17H,6-11,20H2. The molecule has 4 rings (SSSR count). The molecule has 2 aliphatic rings. The van der Waals surface area contributed by atoms with Crippen LogP contribution >= 0.6 is 0 Å². The second-order valence-electron chi connectivity index (χ2n) is 6.90. The van der Waals surface area contributed by atoms with Crippen LogP contribution in [0.15, 0.2) is 42.7 Å². The molecular weight excluding hydrogens is 284 g/mol. The number of hydrogen-bond acceptors (Lipinski definition) is 4. The number of hydrogen-bond donors (Lipinski definition) is 1.